The van der Waals surface area contributed by atoms with E-state index in [9.17, 15) is 4.79 Å². The lowest BCUT2D eigenvalue weighted by atomic mass is 9.98. The molecule has 1 aliphatic heterocycles. The lowest BCUT2D eigenvalue weighted by molar-refractivity contribution is -0.116. The van der Waals surface area contributed by atoms with Gasteiger partial charge in [-0.3, -0.25) is 10.1 Å². The van der Waals surface area contributed by atoms with Gasteiger partial charge in [-0.1, -0.05) is 18.2 Å². The maximum Gasteiger partial charge on any atom is 0.228 e. The molecular weight excluding hydrogens is 328 g/mol. The SMILES string of the molecule is Cn1nc(C2CCNCC2)nc1NC(=O)CCn1ccc2ccccc21. The van der Waals surface area contributed by atoms with Crippen molar-refractivity contribution in [2.24, 2.45) is 7.05 Å². The molecule has 0 saturated carbocycles. The molecule has 0 atom stereocenters. The maximum absolute atomic E-state index is 12.4. The molecule has 7 nitrogen and oxygen atoms in total. The number of hydrogen-bond acceptors (Lipinski definition) is 4. The number of fused-ring (bicyclic) bond motifs is 1. The second-order valence-corrected chi connectivity index (χ2v) is 6.81. The number of aromatic nitrogens is 4. The van der Waals surface area contributed by atoms with Crippen molar-refractivity contribution in [3.05, 3.63) is 42.4 Å². The molecule has 2 N–H and O–H groups in total. The first kappa shape index (κ1) is 16.8. The topological polar surface area (TPSA) is 76.8 Å². The number of amides is 1. The van der Waals surface area contributed by atoms with Crippen molar-refractivity contribution in [1.82, 2.24) is 24.6 Å². The molecule has 26 heavy (non-hydrogen) atoms. The molecule has 0 spiro atoms. The summed E-state index contributed by atoms with van der Waals surface area (Å²) < 4.78 is 3.77. The highest BCUT2D eigenvalue weighted by atomic mass is 16.1. The molecule has 3 aromatic rings. The zero-order chi connectivity index (χ0) is 17.9. The zero-order valence-corrected chi connectivity index (χ0v) is 15.0. The van der Waals surface area contributed by atoms with Crippen LogP contribution >= 0.6 is 0 Å². The van der Waals surface area contributed by atoms with E-state index in [0.29, 0.717) is 24.8 Å². The van der Waals surface area contributed by atoms with Gasteiger partial charge < -0.3 is 9.88 Å². The summed E-state index contributed by atoms with van der Waals surface area (Å²) in [6, 6.07) is 10.3. The van der Waals surface area contributed by atoms with Gasteiger partial charge in [-0.25, -0.2) is 4.68 Å². The number of aryl methyl sites for hydroxylation is 2. The average Bonchev–Trinajstić information content (AvgIpc) is 3.25. The molecule has 2 aromatic heterocycles. The van der Waals surface area contributed by atoms with Crippen molar-refractivity contribution in [2.45, 2.75) is 31.7 Å². The van der Waals surface area contributed by atoms with Gasteiger partial charge in [-0.05, 0) is 43.5 Å². The van der Waals surface area contributed by atoms with Crippen LogP contribution < -0.4 is 10.6 Å². The van der Waals surface area contributed by atoms with Gasteiger partial charge in [0.15, 0.2) is 5.82 Å². The molecule has 1 aliphatic rings. The Balaban J connectivity index is 1.38. The van der Waals surface area contributed by atoms with Gasteiger partial charge in [0, 0.05) is 37.6 Å². The zero-order valence-electron chi connectivity index (χ0n) is 15.0. The van der Waals surface area contributed by atoms with E-state index in [4.69, 9.17) is 0 Å². The Bertz CT molecular complexity index is 906. The van der Waals surface area contributed by atoms with E-state index in [1.54, 1.807) is 4.68 Å². The predicted molar refractivity (Wildman–Crippen MR) is 101 cm³/mol. The van der Waals surface area contributed by atoms with E-state index in [-0.39, 0.29) is 5.91 Å². The minimum atomic E-state index is -0.0462. The highest BCUT2D eigenvalue weighted by molar-refractivity contribution is 5.89. The average molecular weight is 352 g/mol. The molecule has 0 bridgehead atoms. The molecule has 7 heteroatoms. The lowest BCUT2D eigenvalue weighted by Crippen LogP contribution is -2.27. The molecule has 4 rings (SSSR count). The molecule has 0 radical (unpaired) electrons. The minimum absolute atomic E-state index is 0.0462. The number of rotatable bonds is 5. The number of para-hydroxylation sites is 1. The second-order valence-electron chi connectivity index (χ2n) is 6.81. The van der Waals surface area contributed by atoms with E-state index < -0.39 is 0 Å². The van der Waals surface area contributed by atoms with Gasteiger partial charge in [-0.15, -0.1) is 0 Å². The number of nitrogens with one attached hydrogen (secondary N) is 2. The Morgan fingerprint density at radius 1 is 1.27 bits per heavy atom. The highest BCUT2D eigenvalue weighted by Crippen LogP contribution is 2.23. The van der Waals surface area contributed by atoms with Crippen LogP contribution in [0.3, 0.4) is 0 Å². The van der Waals surface area contributed by atoms with E-state index in [2.05, 4.69) is 43.5 Å². The van der Waals surface area contributed by atoms with Crippen molar-refractivity contribution in [3.8, 4) is 0 Å². The first-order valence-corrected chi connectivity index (χ1v) is 9.16. The molecular formula is C19H24N6O. The molecule has 0 aliphatic carbocycles. The number of carbonyl (C=O) groups excluding carboxylic acids is 1. The van der Waals surface area contributed by atoms with Crippen molar-refractivity contribution in [3.63, 3.8) is 0 Å². The Morgan fingerprint density at radius 3 is 2.92 bits per heavy atom. The highest BCUT2D eigenvalue weighted by Gasteiger charge is 2.21. The third-order valence-electron chi connectivity index (χ3n) is 4.99. The Hall–Kier alpha value is -2.67. The van der Waals surface area contributed by atoms with Gasteiger partial charge in [0.05, 0.1) is 0 Å². The Labute approximate surface area is 152 Å². The van der Waals surface area contributed by atoms with Crippen LogP contribution in [0.2, 0.25) is 0 Å². The van der Waals surface area contributed by atoms with E-state index >= 15 is 0 Å². The number of anilines is 1. The number of carbonyl (C=O) groups is 1. The summed E-state index contributed by atoms with van der Waals surface area (Å²) >= 11 is 0. The van der Waals surface area contributed by atoms with Crippen LogP contribution in [-0.2, 0) is 18.4 Å². The van der Waals surface area contributed by atoms with Crippen LogP contribution in [0.5, 0.6) is 0 Å². The van der Waals surface area contributed by atoms with Crippen LogP contribution in [0.25, 0.3) is 10.9 Å². The minimum Gasteiger partial charge on any atom is -0.347 e. The fraction of sp³-hybridized carbons (Fsp3) is 0.421. The maximum atomic E-state index is 12.4. The van der Waals surface area contributed by atoms with Crippen molar-refractivity contribution in [2.75, 3.05) is 18.4 Å². The van der Waals surface area contributed by atoms with Crippen LogP contribution in [0.4, 0.5) is 5.95 Å². The molecule has 1 fully saturated rings. The van der Waals surface area contributed by atoms with Crippen LogP contribution in [0, 0.1) is 0 Å². The van der Waals surface area contributed by atoms with E-state index in [1.165, 1.54) is 5.39 Å². The third kappa shape index (κ3) is 3.48. The summed E-state index contributed by atoms with van der Waals surface area (Å²) in [5, 5.41) is 11.9. The van der Waals surface area contributed by atoms with Crippen LogP contribution in [0.15, 0.2) is 36.5 Å². The molecule has 136 valence electrons. The third-order valence-corrected chi connectivity index (χ3v) is 4.99. The Kier molecular flexibility index (Phi) is 4.71. The largest absolute Gasteiger partial charge is 0.347 e. The number of nitrogens with zero attached hydrogens (tertiary/aromatic N) is 4. The van der Waals surface area contributed by atoms with Gasteiger partial charge in [0.25, 0.3) is 0 Å². The first-order chi connectivity index (χ1) is 12.7. The normalized spacial score (nSPS) is 15.4. The lowest BCUT2D eigenvalue weighted by Gasteiger charge is -2.19. The Morgan fingerprint density at radius 2 is 2.08 bits per heavy atom. The summed E-state index contributed by atoms with van der Waals surface area (Å²) in [5.74, 6) is 1.69. The van der Waals surface area contributed by atoms with E-state index in [0.717, 1.165) is 37.3 Å². The van der Waals surface area contributed by atoms with Gasteiger partial charge in [-0.2, -0.15) is 10.1 Å². The van der Waals surface area contributed by atoms with Gasteiger partial charge in [0.1, 0.15) is 0 Å². The smallest absolute Gasteiger partial charge is 0.228 e. The quantitative estimate of drug-likeness (QED) is 0.738. The first-order valence-electron chi connectivity index (χ1n) is 9.16. The summed E-state index contributed by atoms with van der Waals surface area (Å²) in [6.07, 6.45) is 4.50. The van der Waals surface area contributed by atoms with Gasteiger partial charge >= 0.3 is 0 Å². The monoisotopic (exact) mass is 352 g/mol. The second kappa shape index (κ2) is 7.29. The predicted octanol–water partition coefficient (Wildman–Crippen LogP) is 2.27. The summed E-state index contributed by atoms with van der Waals surface area (Å²) in [7, 11) is 1.83. The van der Waals surface area contributed by atoms with E-state index in [1.807, 2.05) is 25.4 Å². The summed E-state index contributed by atoms with van der Waals surface area (Å²) in [4.78, 5) is 16.9. The number of hydrogen-bond donors (Lipinski definition) is 2. The van der Waals surface area contributed by atoms with Crippen LogP contribution in [0.1, 0.15) is 31.0 Å². The summed E-state index contributed by atoms with van der Waals surface area (Å²) in [5.41, 5.74) is 1.15. The number of benzene rings is 1. The van der Waals surface area contributed by atoms with Crippen molar-refractivity contribution >= 4 is 22.8 Å². The molecule has 1 aromatic carbocycles. The van der Waals surface area contributed by atoms with Crippen molar-refractivity contribution < 1.29 is 4.79 Å². The standard InChI is InChI=1S/C19H24N6O/c1-24-19(22-18(23-24)15-6-10-20-11-7-15)21-17(26)9-13-25-12-8-14-4-2-3-5-16(14)25/h2-5,8,12,15,20H,6-7,9-11,13H2,1H3,(H,21,22,23,26). The van der Waals surface area contributed by atoms with Crippen LogP contribution in [-0.4, -0.2) is 38.3 Å². The fourth-order valence-corrected chi connectivity index (χ4v) is 3.51. The van der Waals surface area contributed by atoms with Crippen molar-refractivity contribution in [1.29, 1.82) is 0 Å². The fourth-order valence-electron chi connectivity index (χ4n) is 3.51. The molecule has 3 heterocycles. The molecule has 1 amide bonds. The molecule has 0 unspecified atom stereocenters. The summed E-state index contributed by atoms with van der Waals surface area (Å²) in [6.45, 7) is 2.63. The van der Waals surface area contributed by atoms with Gasteiger partial charge in [0.2, 0.25) is 11.9 Å². The number of piperidine rings is 1. The molecule has 1 saturated heterocycles.